The van der Waals surface area contributed by atoms with Crippen molar-refractivity contribution in [3.05, 3.63) is 0 Å². The number of guanidine groups is 1. The van der Waals surface area contributed by atoms with Crippen molar-refractivity contribution in [2.24, 2.45) is 4.99 Å². The van der Waals surface area contributed by atoms with E-state index in [1.165, 1.54) is 0 Å². The summed E-state index contributed by atoms with van der Waals surface area (Å²) in [6.07, 6.45) is -5.39. The Morgan fingerprint density at radius 2 is 1.64 bits per heavy atom. The smallest absolute Gasteiger partial charge is 0.288 e. The van der Waals surface area contributed by atoms with E-state index in [0.717, 1.165) is 0 Å². The predicted octanol–water partition coefficient (Wildman–Crippen LogP) is -0.459. The zero-order chi connectivity index (χ0) is 10.8. The standard InChI is InChI=1S/C6H6F3N3O2/c7-6(8,9)1-2-10-5-11-3(13)4(14)12-5/h1-2H2,(H2,10,11,12,13,14). The highest BCUT2D eigenvalue weighted by atomic mass is 19.4. The van der Waals surface area contributed by atoms with Crippen LogP contribution in [-0.2, 0) is 9.59 Å². The highest BCUT2D eigenvalue weighted by Gasteiger charge is 2.28. The van der Waals surface area contributed by atoms with Gasteiger partial charge in [-0.25, -0.2) is 0 Å². The molecule has 2 N–H and O–H groups in total. The van der Waals surface area contributed by atoms with Crippen molar-refractivity contribution in [1.82, 2.24) is 10.6 Å². The fourth-order valence-corrected chi connectivity index (χ4v) is 0.733. The predicted molar refractivity (Wildman–Crippen MR) is 39.3 cm³/mol. The highest BCUT2D eigenvalue weighted by Crippen LogP contribution is 2.18. The van der Waals surface area contributed by atoms with E-state index in [2.05, 4.69) is 4.99 Å². The minimum atomic E-state index is -4.29. The van der Waals surface area contributed by atoms with E-state index in [1.54, 1.807) is 0 Å². The Hall–Kier alpha value is -1.60. The van der Waals surface area contributed by atoms with Crippen LogP contribution in [0, 0.1) is 0 Å². The minimum absolute atomic E-state index is 0.232. The third-order valence-corrected chi connectivity index (χ3v) is 1.34. The number of hydrogen-bond acceptors (Lipinski definition) is 3. The molecule has 78 valence electrons. The second-order valence-corrected chi connectivity index (χ2v) is 2.50. The van der Waals surface area contributed by atoms with Crippen LogP contribution < -0.4 is 10.6 Å². The molecule has 0 aliphatic carbocycles. The van der Waals surface area contributed by atoms with Crippen LogP contribution in [0.25, 0.3) is 0 Å². The molecule has 0 aromatic carbocycles. The van der Waals surface area contributed by atoms with E-state index in [9.17, 15) is 22.8 Å². The number of carbonyl (C=O) groups is 2. The maximum atomic E-state index is 11.6. The van der Waals surface area contributed by atoms with Gasteiger partial charge in [0.2, 0.25) is 5.96 Å². The molecule has 1 heterocycles. The summed E-state index contributed by atoms with van der Waals surface area (Å²) in [6, 6.07) is 0. The van der Waals surface area contributed by atoms with Crippen molar-refractivity contribution in [2.75, 3.05) is 6.54 Å². The fourth-order valence-electron chi connectivity index (χ4n) is 0.733. The maximum Gasteiger partial charge on any atom is 0.390 e. The van der Waals surface area contributed by atoms with Gasteiger partial charge < -0.3 is 0 Å². The number of nitrogens with zero attached hydrogens (tertiary/aromatic N) is 1. The molecule has 5 nitrogen and oxygen atoms in total. The van der Waals surface area contributed by atoms with Crippen molar-refractivity contribution in [1.29, 1.82) is 0 Å². The van der Waals surface area contributed by atoms with Crippen LogP contribution in [-0.4, -0.2) is 30.5 Å². The highest BCUT2D eigenvalue weighted by molar-refractivity contribution is 6.45. The SMILES string of the molecule is O=C1NC(=NCCC(F)(F)F)NC1=O. The molecule has 1 rings (SSSR count). The van der Waals surface area contributed by atoms with Crippen molar-refractivity contribution in [3.8, 4) is 0 Å². The van der Waals surface area contributed by atoms with Crippen LogP contribution in [0.5, 0.6) is 0 Å². The minimum Gasteiger partial charge on any atom is -0.288 e. The number of nitrogens with one attached hydrogen (secondary N) is 2. The summed E-state index contributed by atoms with van der Waals surface area (Å²) in [5.74, 6) is -2.07. The van der Waals surface area contributed by atoms with Gasteiger partial charge in [-0.3, -0.25) is 25.2 Å². The number of alkyl halides is 3. The van der Waals surface area contributed by atoms with Crippen LogP contribution in [0.4, 0.5) is 13.2 Å². The summed E-state index contributed by atoms with van der Waals surface area (Å²) >= 11 is 0. The lowest BCUT2D eigenvalue weighted by atomic mass is 10.4. The Kier molecular flexibility index (Phi) is 2.73. The van der Waals surface area contributed by atoms with E-state index in [-0.39, 0.29) is 5.96 Å². The maximum absolute atomic E-state index is 11.6. The summed E-state index contributed by atoms with van der Waals surface area (Å²) in [5.41, 5.74) is 0. The van der Waals surface area contributed by atoms with Crippen LogP contribution >= 0.6 is 0 Å². The van der Waals surface area contributed by atoms with Crippen molar-refractivity contribution in [2.45, 2.75) is 12.6 Å². The fraction of sp³-hybridized carbons (Fsp3) is 0.500. The summed E-state index contributed by atoms with van der Waals surface area (Å²) in [7, 11) is 0. The molecule has 0 atom stereocenters. The monoisotopic (exact) mass is 209 g/mol. The quantitative estimate of drug-likeness (QED) is 0.604. The largest absolute Gasteiger partial charge is 0.390 e. The number of carbonyl (C=O) groups excluding carboxylic acids is 2. The third kappa shape index (κ3) is 3.04. The summed E-state index contributed by atoms with van der Waals surface area (Å²) < 4.78 is 34.9. The van der Waals surface area contributed by atoms with Gasteiger partial charge in [-0.1, -0.05) is 0 Å². The van der Waals surface area contributed by atoms with Crippen molar-refractivity contribution < 1.29 is 22.8 Å². The molecule has 1 saturated heterocycles. The molecule has 2 amide bonds. The molecule has 14 heavy (non-hydrogen) atoms. The Bertz CT molecular complexity index is 279. The molecule has 0 unspecified atom stereocenters. The first kappa shape index (κ1) is 10.5. The van der Waals surface area contributed by atoms with Crippen molar-refractivity contribution in [3.63, 3.8) is 0 Å². The summed E-state index contributed by atoms with van der Waals surface area (Å²) in [5, 5.41) is 3.95. The van der Waals surface area contributed by atoms with E-state index < -0.39 is 31.0 Å². The van der Waals surface area contributed by atoms with Gasteiger partial charge >= 0.3 is 18.0 Å². The van der Waals surface area contributed by atoms with Gasteiger partial charge in [-0.2, -0.15) is 13.2 Å². The topological polar surface area (TPSA) is 70.6 Å². The molecule has 0 radical (unpaired) electrons. The number of aliphatic imine (C=N–C) groups is 1. The van der Waals surface area contributed by atoms with E-state index in [0.29, 0.717) is 0 Å². The Morgan fingerprint density at radius 1 is 1.14 bits per heavy atom. The normalized spacial score (nSPS) is 16.6. The molecule has 1 aliphatic heterocycles. The summed E-state index contributed by atoms with van der Waals surface area (Å²) in [4.78, 5) is 24.4. The first-order valence-electron chi connectivity index (χ1n) is 3.62. The molecular formula is C6H6F3N3O2. The molecule has 0 aromatic rings. The van der Waals surface area contributed by atoms with Crippen molar-refractivity contribution >= 4 is 17.8 Å². The Labute approximate surface area is 76.4 Å². The van der Waals surface area contributed by atoms with Gasteiger partial charge in [-0.05, 0) is 0 Å². The molecule has 0 saturated carbocycles. The number of hydrogen-bond donors (Lipinski definition) is 2. The third-order valence-electron chi connectivity index (χ3n) is 1.34. The summed E-state index contributed by atoms with van der Waals surface area (Å²) in [6.45, 7) is -0.528. The van der Waals surface area contributed by atoms with Gasteiger partial charge in [0.1, 0.15) is 0 Å². The zero-order valence-corrected chi connectivity index (χ0v) is 6.81. The van der Waals surface area contributed by atoms with Crippen LogP contribution in [0.15, 0.2) is 4.99 Å². The Balaban J connectivity index is 2.40. The molecular weight excluding hydrogens is 203 g/mol. The lowest BCUT2D eigenvalue weighted by Crippen LogP contribution is -2.26. The van der Waals surface area contributed by atoms with Gasteiger partial charge in [-0.15, -0.1) is 0 Å². The van der Waals surface area contributed by atoms with Gasteiger partial charge in [0.15, 0.2) is 0 Å². The Morgan fingerprint density at radius 3 is 2.07 bits per heavy atom. The van der Waals surface area contributed by atoms with Crippen LogP contribution in [0.3, 0.4) is 0 Å². The average Bonchev–Trinajstić information content (AvgIpc) is 2.28. The average molecular weight is 209 g/mol. The number of halogens is 3. The van der Waals surface area contributed by atoms with Crippen LogP contribution in [0.1, 0.15) is 6.42 Å². The lowest BCUT2D eigenvalue weighted by Gasteiger charge is -2.02. The van der Waals surface area contributed by atoms with E-state index in [4.69, 9.17) is 0 Å². The van der Waals surface area contributed by atoms with E-state index >= 15 is 0 Å². The van der Waals surface area contributed by atoms with Crippen LogP contribution in [0.2, 0.25) is 0 Å². The van der Waals surface area contributed by atoms with E-state index in [1.807, 2.05) is 10.6 Å². The molecule has 8 heteroatoms. The molecule has 1 fully saturated rings. The molecule has 0 aromatic heterocycles. The molecule has 1 aliphatic rings. The van der Waals surface area contributed by atoms with Gasteiger partial charge in [0.05, 0.1) is 13.0 Å². The second kappa shape index (κ2) is 3.64. The lowest BCUT2D eigenvalue weighted by molar-refractivity contribution is -0.135. The van der Waals surface area contributed by atoms with Gasteiger partial charge in [0.25, 0.3) is 0 Å². The van der Waals surface area contributed by atoms with Gasteiger partial charge in [0, 0.05) is 0 Å². The molecule has 0 spiro atoms. The second-order valence-electron chi connectivity index (χ2n) is 2.50. The first-order chi connectivity index (χ1) is 6.38. The first-order valence-corrected chi connectivity index (χ1v) is 3.62. The zero-order valence-electron chi connectivity index (χ0n) is 6.81. The number of amides is 2. The molecule has 0 bridgehead atoms. The number of rotatable bonds is 2.